The van der Waals surface area contributed by atoms with Crippen LogP contribution in [-0.4, -0.2) is 124 Å². The third-order valence-corrected chi connectivity index (χ3v) is 10.1. The van der Waals surface area contributed by atoms with Crippen LogP contribution in [0.2, 0.25) is 0 Å². The number of hydrogen-bond acceptors (Lipinski definition) is 22. The Morgan fingerprint density at radius 3 is 1.93 bits per heavy atom. The minimum atomic E-state index is -5.86. The maximum absolute atomic E-state index is 12.4. The largest absolute Gasteiger partial charge is 1.00 e. The van der Waals surface area contributed by atoms with Gasteiger partial charge in [-0.05, 0) is 6.42 Å². The van der Waals surface area contributed by atoms with Crippen molar-refractivity contribution in [2.75, 3.05) is 18.9 Å². The number of nitrogens with two attached hydrogens (primary N) is 2. The molecule has 5 rings (SSSR count). The van der Waals surface area contributed by atoms with Gasteiger partial charge >= 0.3 is 118 Å². The molecule has 10 atom stereocenters. The van der Waals surface area contributed by atoms with Crippen molar-refractivity contribution in [2.45, 2.75) is 55.5 Å². The molecule has 3 aliphatic heterocycles. The van der Waals surface area contributed by atoms with E-state index < -0.39 is 91.7 Å². The van der Waals surface area contributed by atoms with Crippen molar-refractivity contribution >= 4 is 46.4 Å². The van der Waals surface area contributed by atoms with Crippen LogP contribution in [0.5, 0.6) is 0 Å². The number of hydrogen-bond donors (Lipinski definition) is 5. The first-order valence-electron chi connectivity index (χ1n) is 13.4. The van der Waals surface area contributed by atoms with Crippen molar-refractivity contribution in [1.29, 1.82) is 0 Å². The van der Waals surface area contributed by atoms with Crippen LogP contribution in [0.4, 0.5) is 5.82 Å². The maximum Gasteiger partial charge on any atom is 1.00 e. The Kier molecular flexibility index (Phi) is 29.5. The van der Waals surface area contributed by atoms with Gasteiger partial charge in [0.2, 0.25) is 5.91 Å². The fourth-order valence-electron chi connectivity index (χ4n) is 4.91. The van der Waals surface area contributed by atoms with Crippen molar-refractivity contribution in [3.63, 3.8) is 0 Å². The molecule has 2 fully saturated rings. The second-order valence-corrected chi connectivity index (χ2v) is 14.4. The predicted octanol–water partition coefficient (Wildman–Crippen LogP) is -20.4. The molecular formula is C21H34N7Na4O21P3. The zero-order valence-electron chi connectivity index (χ0n) is 29.9. The molecule has 2 aromatic heterocycles. The van der Waals surface area contributed by atoms with E-state index in [1.165, 1.54) is 23.4 Å². The van der Waals surface area contributed by atoms with Crippen molar-refractivity contribution in [1.82, 2.24) is 24.4 Å². The third-order valence-electron chi connectivity index (χ3n) is 7.09. The minimum absolute atomic E-state index is 0. The Morgan fingerprint density at radius 1 is 0.857 bits per heavy atom. The topological polar surface area (TPSA) is 501 Å². The number of nitrogens with zero attached hydrogens (tertiary/aromatic N) is 5. The number of rotatable bonds is 13. The summed E-state index contributed by atoms with van der Waals surface area (Å²) in [6.07, 6.45) is -7.38. The van der Waals surface area contributed by atoms with Crippen LogP contribution >= 0.6 is 23.5 Å². The summed E-state index contributed by atoms with van der Waals surface area (Å²) in [5.74, 6) is -0.849. The van der Waals surface area contributed by atoms with Crippen molar-refractivity contribution in [2.24, 2.45) is 5.73 Å². The van der Waals surface area contributed by atoms with Gasteiger partial charge in [-0.25, -0.2) is 19.3 Å². The fraction of sp³-hybridized carbons (Fsp3) is 0.524. The van der Waals surface area contributed by atoms with E-state index in [1.54, 1.807) is 0 Å². The van der Waals surface area contributed by atoms with Gasteiger partial charge in [-0.1, -0.05) is 6.08 Å². The molecule has 2 aromatic rings. The first kappa shape index (κ1) is 63.7. The van der Waals surface area contributed by atoms with Crippen molar-refractivity contribution < 1.29 is 221 Å². The van der Waals surface area contributed by atoms with E-state index >= 15 is 0 Å². The van der Waals surface area contributed by atoms with Gasteiger partial charge in [-0.2, -0.15) is 0 Å². The summed E-state index contributed by atoms with van der Waals surface area (Å²) in [6.45, 7) is -2.26. The quantitative estimate of drug-likeness (QED) is 0.0920. The zero-order chi connectivity index (χ0) is 35.2. The molecule has 15 N–H and O–H groups in total. The molecule has 0 saturated carbocycles. The number of ether oxygens (including phenoxy) is 2. The molecule has 5 heterocycles. The number of imidazole rings is 1. The normalized spacial score (nSPS) is 27.3. The van der Waals surface area contributed by atoms with Gasteiger partial charge in [-0.3, -0.25) is 18.5 Å². The molecule has 2 saturated heterocycles. The fourth-order valence-corrected chi connectivity index (χ4v) is 7.45. The molecule has 0 aliphatic carbocycles. The van der Waals surface area contributed by atoms with Crippen molar-refractivity contribution in [3.8, 4) is 0 Å². The average Bonchev–Trinajstić information content (AvgIpc) is 3.64. The number of aromatic nitrogens is 4. The molecular weight excluding hydrogens is 871 g/mol. The Balaban J connectivity index is -0.00000169. The Bertz CT molecular complexity index is 1760. The number of carbonyl (C=O) groups is 1. The van der Waals surface area contributed by atoms with E-state index in [2.05, 4.69) is 32.8 Å². The van der Waals surface area contributed by atoms with Crippen LogP contribution in [0.1, 0.15) is 12.6 Å². The number of amides is 1. The molecule has 56 heavy (non-hydrogen) atoms. The number of primary amides is 1. The number of fused-ring (bicyclic) bond motifs is 1. The number of aliphatic hydroxyl groups excluding tert-OH is 3. The van der Waals surface area contributed by atoms with Gasteiger partial charge in [0, 0.05) is 18.0 Å². The summed E-state index contributed by atoms with van der Waals surface area (Å²) in [5, 5.41) is 31.4. The van der Waals surface area contributed by atoms with E-state index in [4.69, 9.17) is 20.9 Å². The van der Waals surface area contributed by atoms with Crippen LogP contribution in [0.15, 0.2) is 36.7 Å². The third kappa shape index (κ3) is 15.8. The van der Waals surface area contributed by atoms with Gasteiger partial charge < -0.3 is 101 Å². The Morgan fingerprint density at radius 2 is 1.39 bits per heavy atom. The second-order valence-electron chi connectivity index (χ2n) is 10.3. The maximum atomic E-state index is 12.4. The minimum Gasteiger partial charge on any atom is -0.790 e. The molecule has 1 amide bonds. The number of phosphoric acid groups is 3. The Hall–Kier alpha value is 1.11. The summed E-state index contributed by atoms with van der Waals surface area (Å²) in [6, 6.07) is 0. The SMILES string of the molecule is NC(=O)C1=CN(C2OC(COP(=O)([O-])OP(=O)([O-])OCC3OC(n4cnc5c(N)ncnc54)C(OP(=O)([O-])[O-])C3O)C(O)C2O)C=CC1.O.O.O.O.[Na+].[Na+].[Na+].[Na+]. The van der Waals surface area contributed by atoms with Crippen LogP contribution in [0, 0.1) is 0 Å². The van der Waals surface area contributed by atoms with Crippen LogP contribution in [0.25, 0.3) is 11.2 Å². The molecule has 0 aromatic carbocycles. The summed E-state index contributed by atoms with van der Waals surface area (Å²) in [5.41, 5.74) is 11.1. The number of phosphoric ester groups is 3. The summed E-state index contributed by atoms with van der Waals surface area (Å²) < 4.78 is 65.6. The summed E-state index contributed by atoms with van der Waals surface area (Å²) >= 11 is 0. The van der Waals surface area contributed by atoms with E-state index in [9.17, 15) is 53.4 Å². The van der Waals surface area contributed by atoms with Crippen LogP contribution < -0.4 is 149 Å². The number of nitrogen functional groups attached to an aromatic ring is 1. The summed E-state index contributed by atoms with van der Waals surface area (Å²) in [4.78, 5) is 71.8. The number of carbonyl (C=O) groups excluding carboxylic acids is 1. The van der Waals surface area contributed by atoms with Crippen molar-refractivity contribution in [3.05, 3.63) is 36.7 Å². The average molecular weight is 905 g/mol. The molecule has 3 aliphatic rings. The molecule has 35 heteroatoms. The molecule has 298 valence electrons. The standard InChI is InChI=1S/C21H30N7O17P3.4Na.4H2O/c22-17-12-19(25-7-24-17)28(8-26-12)21-16(44-46(33,34)35)14(30)11(43-21)6-41-48(38,39)45-47(36,37)40-5-10-13(29)15(31)20(42-10)27-3-1-2-9(4-27)18(23)32;;;;;;;;/h1,3-4,7-8,10-11,13-16,20-21,29-31H,2,5-6H2,(H2,23,32)(H,36,37)(H,38,39)(H2,22,24,25)(H2,33,34,35);;;;;4*1H2/q;4*+1;;;;/p-4. The van der Waals surface area contributed by atoms with Gasteiger partial charge in [0.05, 0.1) is 27.4 Å². The Labute approximate surface area is 404 Å². The van der Waals surface area contributed by atoms with Gasteiger partial charge in [0.25, 0.3) is 15.6 Å². The molecule has 28 nitrogen and oxygen atoms in total. The number of aliphatic hydroxyl groups is 3. The first-order valence-corrected chi connectivity index (χ1v) is 17.8. The number of allylic oxidation sites excluding steroid dienone is 1. The van der Waals surface area contributed by atoms with E-state index in [0.717, 1.165) is 17.2 Å². The van der Waals surface area contributed by atoms with Crippen LogP contribution in [0.3, 0.4) is 0 Å². The molecule has 0 radical (unpaired) electrons. The first-order chi connectivity index (χ1) is 22.4. The van der Waals surface area contributed by atoms with Gasteiger partial charge in [0.15, 0.2) is 23.9 Å². The van der Waals surface area contributed by atoms with Crippen LogP contribution in [-0.2, 0) is 45.8 Å². The predicted molar refractivity (Wildman–Crippen MR) is 158 cm³/mol. The zero-order valence-corrected chi connectivity index (χ0v) is 40.6. The van der Waals surface area contributed by atoms with E-state index in [0.29, 0.717) is 0 Å². The number of anilines is 1. The van der Waals surface area contributed by atoms with E-state index in [1.807, 2.05) is 0 Å². The van der Waals surface area contributed by atoms with Gasteiger partial charge in [0.1, 0.15) is 48.5 Å². The second kappa shape index (κ2) is 25.9. The van der Waals surface area contributed by atoms with Gasteiger partial charge in [-0.15, -0.1) is 0 Å². The molecule has 0 spiro atoms. The molecule has 0 bridgehead atoms. The monoisotopic (exact) mass is 905 g/mol. The summed E-state index contributed by atoms with van der Waals surface area (Å²) in [7, 11) is -17.4. The smallest absolute Gasteiger partial charge is 0.790 e. The molecule has 10 unspecified atom stereocenters. The van der Waals surface area contributed by atoms with E-state index in [-0.39, 0.29) is 169 Å².